The smallest absolute Gasteiger partial charge is 0.347 e. The number of nitrogens with one attached hydrogen (secondary N) is 1. The number of para-hydroxylation sites is 1. The lowest BCUT2D eigenvalue weighted by Crippen LogP contribution is -2.35. The van der Waals surface area contributed by atoms with Gasteiger partial charge < -0.3 is 19.5 Å². The number of esters is 1. The van der Waals surface area contributed by atoms with E-state index in [2.05, 4.69) is 5.32 Å². The number of non-ortho nitro benzene ring substituents is 1. The number of carbonyl (C=O) groups is 2. The molecular formula is C19H20N2O7. The molecule has 2 aromatic carbocycles. The molecule has 1 amide bonds. The Hall–Kier alpha value is -3.62. The number of hydrogen-bond donors (Lipinski definition) is 1. The Kier molecular flexibility index (Phi) is 6.91. The van der Waals surface area contributed by atoms with Crippen molar-refractivity contribution in [2.45, 2.75) is 26.1 Å². The number of rotatable bonds is 8. The second-order valence-electron chi connectivity index (χ2n) is 5.78. The van der Waals surface area contributed by atoms with Crippen molar-refractivity contribution in [2.24, 2.45) is 0 Å². The monoisotopic (exact) mass is 388 g/mol. The fourth-order valence-electron chi connectivity index (χ4n) is 2.22. The van der Waals surface area contributed by atoms with Crippen LogP contribution in [0, 0.1) is 10.1 Å². The van der Waals surface area contributed by atoms with Crippen LogP contribution in [0.3, 0.4) is 0 Å². The molecule has 0 bridgehead atoms. The summed E-state index contributed by atoms with van der Waals surface area (Å²) in [4.78, 5) is 34.8. The average molecular weight is 388 g/mol. The lowest BCUT2D eigenvalue weighted by Gasteiger charge is -2.18. The SMILES string of the molecule is COc1ccc([N+](=O)[O-])cc1NC(=O)[C@H](C)OC(=O)[C@@H](C)Oc1ccccc1. The number of methoxy groups -OCH3 is 1. The molecule has 0 aliphatic carbocycles. The quantitative estimate of drug-likeness (QED) is 0.420. The zero-order valence-corrected chi connectivity index (χ0v) is 15.6. The van der Waals surface area contributed by atoms with E-state index >= 15 is 0 Å². The summed E-state index contributed by atoms with van der Waals surface area (Å²) < 4.78 is 15.7. The van der Waals surface area contributed by atoms with Crippen LogP contribution in [0.2, 0.25) is 0 Å². The maximum absolute atomic E-state index is 12.3. The van der Waals surface area contributed by atoms with E-state index in [1.54, 1.807) is 24.3 Å². The van der Waals surface area contributed by atoms with Crippen LogP contribution in [0.15, 0.2) is 48.5 Å². The van der Waals surface area contributed by atoms with E-state index in [1.165, 1.54) is 33.1 Å². The predicted octanol–water partition coefficient (Wildman–Crippen LogP) is 2.94. The van der Waals surface area contributed by atoms with E-state index < -0.39 is 29.0 Å². The van der Waals surface area contributed by atoms with Crippen molar-refractivity contribution in [3.63, 3.8) is 0 Å². The maximum Gasteiger partial charge on any atom is 0.347 e. The Morgan fingerprint density at radius 3 is 2.36 bits per heavy atom. The van der Waals surface area contributed by atoms with Gasteiger partial charge in [0.1, 0.15) is 11.5 Å². The fraction of sp³-hybridized carbons (Fsp3) is 0.263. The van der Waals surface area contributed by atoms with Gasteiger partial charge in [-0.3, -0.25) is 14.9 Å². The fourth-order valence-corrected chi connectivity index (χ4v) is 2.22. The first-order chi connectivity index (χ1) is 13.3. The minimum Gasteiger partial charge on any atom is -0.495 e. The number of nitro benzene ring substituents is 1. The Bertz CT molecular complexity index is 855. The molecule has 2 aromatic rings. The molecule has 28 heavy (non-hydrogen) atoms. The first-order valence-corrected chi connectivity index (χ1v) is 8.37. The molecule has 0 saturated carbocycles. The summed E-state index contributed by atoms with van der Waals surface area (Å²) in [6.07, 6.45) is -2.08. The van der Waals surface area contributed by atoms with Crippen molar-refractivity contribution in [3.8, 4) is 11.5 Å². The van der Waals surface area contributed by atoms with Crippen LogP contribution in [-0.4, -0.2) is 36.1 Å². The highest BCUT2D eigenvalue weighted by Gasteiger charge is 2.24. The molecule has 0 saturated heterocycles. The van der Waals surface area contributed by atoms with Crippen LogP contribution in [0.4, 0.5) is 11.4 Å². The number of hydrogen-bond acceptors (Lipinski definition) is 7. The number of benzene rings is 2. The summed E-state index contributed by atoms with van der Waals surface area (Å²) in [5, 5.41) is 13.4. The highest BCUT2D eigenvalue weighted by Crippen LogP contribution is 2.29. The van der Waals surface area contributed by atoms with Gasteiger partial charge in [-0.2, -0.15) is 0 Å². The van der Waals surface area contributed by atoms with Gasteiger partial charge in [0.15, 0.2) is 12.2 Å². The van der Waals surface area contributed by atoms with Gasteiger partial charge in [-0.15, -0.1) is 0 Å². The van der Waals surface area contributed by atoms with Crippen molar-refractivity contribution in [1.82, 2.24) is 0 Å². The average Bonchev–Trinajstić information content (AvgIpc) is 2.68. The zero-order valence-electron chi connectivity index (χ0n) is 15.6. The molecule has 1 N–H and O–H groups in total. The summed E-state index contributed by atoms with van der Waals surface area (Å²) in [7, 11) is 1.36. The van der Waals surface area contributed by atoms with Crippen molar-refractivity contribution in [1.29, 1.82) is 0 Å². The summed E-state index contributed by atoms with van der Waals surface area (Å²) in [5.74, 6) is -0.666. The van der Waals surface area contributed by atoms with Gasteiger partial charge in [0.2, 0.25) is 0 Å². The van der Waals surface area contributed by atoms with Gasteiger partial charge in [-0.25, -0.2) is 4.79 Å². The van der Waals surface area contributed by atoms with Gasteiger partial charge in [0.25, 0.3) is 11.6 Å². The Morgan fingerprint density at radius 2 is 1.75 bits per heavy atom. The molecule has 148 valence electrons. The highest BCUT2D eigenvalue weighted by atomic mass is 16.6. The number of ether oxygens (including phenoxy) is 3. The summed E-state index contributed by atoms with van der Waals surface area (Å²) >= 11 is 0. The van der Waals surface area contributed by atoms with Gasteiger partial charge >= 0.3 is 5.97 Å². The normalized spacial score (nSPS) is 12.4. The van der Waals surface area contributed by atoms with E-state index in [1.807, 2.05) is 6.07 Å². The van der Waals surface area contributed by atoms with Gasteiger partial charge in [-0.05, 0) is 32.0 Å². The molecule has 0 aliphatic heterocycles. The molecule has 0 radical (unpaired) electrons. The maximum atomic E-state index is 12.3. The lowest BCUT2D eigenvalue weighted by molar-refractivity contribution is -0.384. The lowest BCUT2D eigenvalue weighted by atomic mass is 10.2. The van der Waals surface area contributed by atoms with Crippen molar-refractivity contribution >= 4 is 23.3 Å². The van der Waals surface area contributed by atoms with E-state index in [4.69, 9.17) is 14.2 Å². The molecule has 0 fully saturated rings. The van der Waals surface area contributed by atoms with Crippen LogP contribution in [0.5, 0.6) is 11.5 Å². The molecule has 9 nitrogen and oxygen atoms in total. The number of amides is 1. The van der Waals surface area contributed by atoms with Crippen LogP contribution in [0.25, 0.3) is 0 Å². The zero-order chi connectivity index (χ0) is 20.7. The molecule has 0 unspecified atom stereocenters. The number of nitro groups is 1. The summed E-state index contributed by atoms with van der Waals surface area (Å²) in [5.41, 5.74) is -0.121. The Morgan fingerprint density at radius 1 is 1.07 bits per heavy atom. The van der Waals surface area contributed by atoms with E-state index in [0.29, 0.717) is 5.75 Å². The first-order valence-electron chi connectivity index (χ1n) is 8.37. The molecule has 9 heteroatoms. The van der Waals surface area contributed by atoms with Gasteiger partial charge in [0, 0.05) is 12.1 Å². The third-order valence-corrected chi connectivity index (χ3v) is 3.70. The number of nitrogens with zero attached hydrogens (tertiary/aromatic N) is 1. The third kappa shape index (κ3) is 5.44. The highest BCUT2D eigenvalue weighted by molar-refractivity contribution is 5.96. The first kappa shape index (κ1) is 20.7. The Balaban J connectivity index is 1.99. The second kappa shape index (κ2) is 9.36. The molecule has 0 aliphatic rings. The topological polar surface area (TPSA) is 117 Å². The van der Waals surface area contributed by atoms with Crippen molar-refractivity contribution < 1.29 is 28.7 Å². The van der Waals surface area contributed by atoms with Crippen molar-refractivity contribution in [3.05, 3.63) is 58.6 Å². The van der Waals surface area contributed by atoms with Gasteiger partial charge in [-0.1, -0.05) is 18.2 Å². The third-order valence-electron chi connectivity index (χ3n) is 3.70. The van der Waals surface area contributed by atoms with Crippen molar-refractivity contribution in [2.75, 3.05) is 12.4 Å². The molecule has 0 spiro atoms. The molecule has 0 heterocycles. The second-order valence-corrected chi connectivity index (χ2v) is 5.78. The molecular weight excluding hydrogens is 368 g/mol. The summed E-state index contributed by atoms with van der Waals surface area (Å²) in [6, 6.07) is 12.5. The molecule has 0 aromatic heterocycles. The van der Waals surface area contributed by atoms with Crippen LogP contribution >= 0.6 is 0 Å². The Labute approximate surface area is 161 Å². The standard InChI is InChI=1S/C19H20N2O7/c1-12(28-19(23)13(2)27-15-7-5-4-6-8-15)18(22)20-16-11-14(21(24)25)9-10-17(16)26-3/h4-13H,1-3H3,(H,20,22)/t12-,13+/m0/s1. The van der Waals surface area contributed by atoms with Crippen LogP contribution < -0.4 is 14.8 Å². The molecule has 2 rings (SSSR count). The minimum absolute atomic E-state index is 0.0955. The number of carbonyl (C=O) groups excluding carboxylic acids is 2. The largest absolute Gasteiger partial charge is 0.495 e. The summed E-state index contributed by atoms with van der Waals surface area (Å²) in [6.45, 7) is 2.88. The van der Waals surface area contributed by atoms with Crippen LogP contribution in [0.1, 0.15) is 13.8 Å². The van der Waals surface area contributed by atoms with E-state index in [-0.39, 0.29) is 17.1 Å². The predicted molar refractivity (Wildman–Crippen MR) is 100 cm³/mol. The van der Waals surface area contributed by atoms with Gasteiger partial charge in [0.05, 0.1) is 17.7 Å². The van der Waals surface area contributed by atoms with E-state index in [0.717, 1.165) is 6.07 Å². The minimum atomic E-state index is -1.15. The van der Waals surface area contributed by atoms with E-state index in [9.17, 15) is 19.7 Å². The number of anilines is 1. The molecule has 2 atom stereocenters. The van der Waals surface area contributed by atoms with Crippen LogP contribution in [-0.2, 0) is 14.3 Å².